The second-order valence-electron chi connectivity index (χ2n) is 4.32. The SMILES string of the molecule is CC(C)SCC(=O)NCc1ccc2c(c1)OCO2. The van der Waals surface area contributed by atoms with Crippen molar-refractivity contribution < 1.29 is 14.3 Å². The minimum atomic E-state index is 0.0615. The van der Waals surface area contributed by atoms with E-state index in [9.17, 15) is 4.79 Å². The van der Waals surface area contributed by atoms with Gasteiger partial charge in [0.2, 0.25) is 12.7 Å². The van der Waals surface area contributed by atoms with Gasteiger partial charge in [0.15, 0.2) is 11.5 Å². The van der Waals surface area contributed by atoms with Gasteiger partial charge in [0.25, 0.3) is 0 Å². The van der Waals surface area contributed by atoms with Crippen molar-refractivity contribution >= 4 is 17.7 Å². The molecule has 0 radical (unpaired) electrons. The van der Waals surface area contributed by atoms with Crippen LogP contribution in [0.1, 0.15) is 19.4 Å². The van der Waals surface area contributed by atoms with Gasteiger partial charge in [-0.25, -0.2) is 0 Å². The molecular weight excluding hydrogens is 250 g/mol. The fraction of sp³-hybridized carbons (Fsp3) is 0.462. The Morgan fingerprint density at radius 1 is 1.39 bits per heavy atom. The van der Waals surface area contributed by atoms with E-state index >= 15 is 0 Å². The lowest BCUT2D eigenvalue weighted by molar-refractivity contribution is -0.118. The maximum atomic E-state index is 11.6. The van der Waals surface area contributed by atoms with E-state index in [0.717, 1.165) is 17.1 Å². The van der Waals surface area contributed by atoms with Gasteiger partial charge in [0, 0.05) is 6.54 Å². The molecule has 18 heavy (non-hydrogen) atoms. The molecule has 1 aromatic carbocycles. The van der Waals surface area contributed by atoms with E-state index in [0.29, 0.717) is 17.5 Å². The van der Waals surface area contributed by atoms with E-state index in [1.165, 1.54) is 0 Å². The molecule has 0 atom stereocenters. The van der Waals surface area contributed by atoms with Gasteiger partial charge in [-0.2, -0.15) is 0 Å². The van der Waals surface area contributed by atoms with Crippen molar-refractivity contribution in [2.45, 2.75) is 25.6 Å². The highest BCUT2D eigenvalue weighted by atomic mass is 32.2. The summed E-state index contributed by atoms with van der Waals surface area (Å²) in [5, 5.41) is 3.36. The molecule has 0 bridgehead atoms. The molecule has 0 saturated carbocycles. The van der Waals surface area contributed by atoms with Gasteiger partial charge < -0.3 is 14.8 Å². The predicted molar refractivity (Wildman–Crippen MR) is 72.0 cm³/mol. The highest BCUT2D eigenvalue weighted by Gasteiger charge is 2.13. The van der Waals surface area contributed by atoms with Crippen LogP contribution in [-0.2, 0) is 11.3 Å². The van der Waals surface area contributed by atoms with Crippen LogP contribution in [0.25, 0.3) is 0 Å². The number of carbonyl (C=O) groups is 1. The summed E-state index contributed by atoms with van der Waals surface area (Å²) < 4.78 is 10.5. The predicted octanol–water partition coefficient (Wildman–Crippen LogP) is 2.17. The molecule has 0 saturated heterocycles. The molecule has 1 N–H and O–H groups in total. The van der Waals surface area contributed by atoms with E-state index in [2.05, 4.69) is 19.2 Å². The van der Waals surface area contributed by atoms with E-state index in [1.807, 2.05) is 18.2 Å². The first kappa shape index (κ1) is 13.1. The van der Waals surface area contributed by atoms with Crippen LogP contribution in [0.15, 0.2) is 18.2 Å². The molecule has 98 valence electrons. The number of rotatable bonds is 5. The summed E-state index contributed by atoms with van der Waals surface area (Å²) in [6.07, 6.45) is 0. The number of nitrogens with one attached hydrogen (secondary N) is 1. The van der Waals surface area contributed by atoms with Gasteiger partial charge in [0.1, 0.15) is 0 Å². The van der Waals surface area contributed by atoms with Gasteiger partial charge in [-0.3, -0.25) is 4.79 Å². The first-order valence-corrected chi connectivity index (χ1v) is 6.97. The van der Waals surface area contributed by atoms with Gasteiger partial charge >= 0.3 is 0 Å². The Balaban J connectivity index is 1.81. The molecule has 0 aromatic heterocycles. The van der Waals surface area contributed by atoms with Crippen molar-refractivity contribution in [3.05, 3.63) is 23.8 Å². The van der Waals surface area contributed by atoms with E-state index < -0.39 is 0 Å². The van der Waals surface area contributed by atoms with Crippen molar-refractivity contribution in [2.75, 3.05) is 12.5 Å². The normalized spacial score (nSPS) is 12.8. The highest BCUT2D eigenvalue weighted by Crippen LogP contribution is 2.32. The Labute approximate surface area is 111 Å². The fourth-order valence-corrected chi connectivity index (χ4v) is 2.13. The molecule has 4 nitrogen and oxygen atoms in total. The molecular formula is C13H17NO3S. The number of hydrogen-bond donors (Lipinski definition) is 1. The first-order chi connectivity index (χ1) is 8.65. The third-order valence-electron chi connectivity index (χ3n) is 2.47. The van der Waals surface area contributed by atoms with Crippen molar-refractivity contribution in [3.8, 4) is 11.5 Å². The highest BCUT2D eigenvalue weighted by molar-refractivity contribution is 8.00. The second-order valence-corrected chi connectivity index (χ2v) is 5.89. The van der Waals surface area contributed by atoms with Gasteiger partial charge in [0.05, 0.1) is 5.75 Å². The van der Waals surface area contributed by atoms with E-state index in [-0.39, 0.29) is 12.7 Å². The van der Waals surface area contributed by atoms with E-state index in [1.54, 1.807) is 11.8 Å². The van der Waals surface area contributed by atoms with Crippen LogP contribution >= 0.6 is 11.8 Å². The smallest absolute Gasteiger partial charge is 0.231 e. The van der Waals surface area contributed by atoms with Crippen LogP contribution in [-0.4, -0.2) is 23.7 Å². The zero-order valence-electron chi connectivity index (χ0n) is 10.6. The first-order valence-electron chi connectivity index (χ1n) is 5.92. The molecule has 0 aliphatic carbocycles. The average molecular weight is 267 g/mol. The summed E-state index contributed by atoms with van der Waals surface area (Å²) >= 11 is 1.64. The quantitative estimate of drug-likeness (QED) is 0.888. The number of thioether (sulfide) groups is 1. The lowest BCUT2D eigenvalue weighted by Gasteiger charge is -2.07. The average Bonchev–Trinajstić information content (AvgIpc) is 2.81. The molecule has 5 heteroatoms. The Morgan fingerprint density at radius 3 is 2.94 bits per heavy atom. The summed E-state index contributed by atoms with van der Waals surface area (Å²) in [5.41, 5.74) is 1.02. The topological polar surface area (TPSA) is 47.6 Å². The Hall–Kier alpha value is -1.36. The molecule has 1 aromatic rings. The van der Waals surface area contributed by atoms with Crippen LogP contribution in [0.4, 0.5) is 0 Å². The number of hydrogen-bond acceptors (Lipinski definition) is 4. The summed E-state index contributed by atoms with van der Waals surface area (Å²) in [6.45, 7) is 4.95. The number of benzene rings is 1. The number of amides is 1. The maximum absolute atomic E-state index is 11.6. The lowest BCUT2D eigenvalue weighted by atomic mass is 10.2. The van der Waals surface area contributed by atoms with Crippen LogP contribution in [0.2, 0.25) is 0 Å². The number of carbonyl (C=O) groups excluding carboxylic acids is 1. The fourth-order valence-electron chi connectivity index (χ4n) is 1.54. The maximum Gasteiger partial charge on any atom is 0.231 e. The minimum absolute atomic E-state index is 0.0615. The Morgan fingerprint density at radius 2 is 2.17 bits per heavy atom. The zero-order valence-corrected chi connectivity index (χ0v) is 11.4. The summed E-state index contributed by atoms with van der Waals surface area (Å²) in [5.74, 6) is 2.08. The summed E-state index contributed by atoms with van der Waals surface area (Å²) in [6, 6.07) is 5.70. The van der Waals surface area contributed by atoms with Crippen molar-refractivity contribution in [2.24, 2.45) is 0 Å². The van der Waals surface area contributed by atoms with Crippen molar-refractivity contribution in [1.82, 2.24) is 5.32 Å². The molecule has 0 spiro atoms. The third-order valence-corrected chi connectivity index (χ3v) is 3.57. The number of ether oxygens (including phenoxy) is 2. The lowest BCUT2D eigenvalue weighted by Crippen LogP contribution is -2.25. The molecule has 1 heterocycles. The molecule has 2 rings (SSSR count). The Bertz CT molecular complexity index is 434. The molecule has 1 aliphatic heterocycles. The standard InChI is InChI=1S/C13H17NO3S/c1-9(2)18-7-13(15)14-6-10-3-4-11-12(5-10)17-8-16-11/h3-5,9H,6-8H2,1-2H3,(H,14,15). The molecule has 0 fully saturated rings. The molecule has 0 unspecified atom stereocenters. The van der Waals surface area contributed by atoms with Gasteiger partial charge in [-0.15, -0.1) is 11.8 Å². The largest absolute Gasteiger partial charge is 0.454 e. The Kier molecular flexibility index (Phi) is 4.36. The van der Waals surface area contributed by atoms with Crippen molar-refractivity contribution in [1.29, 1.82) is 0 Å². The van der Waals surface area contributed by atoms with Crippen LogP contribution in [0.5, 0.6) is 11.5 Å². The van der Waals surface area contributed by atoms with Crippen LogP contribution < -0.4 is 14.8 Å². The summed E-state index contributed by atoms with van der Waals surface area (Å²) in [7, 11) is 0. The monoisotopic (exact) mass is 267 g/mol. The van der Waals surface area contributed by atoms with Gasteiger partial charge in [-0.1, -0.05) is 19.9 Å². The molecule has 1 amide bonds. The van der Waals surface area contributed by atoms with Crippen LogP contribution in [0.3, 0.4) is 0 Å². The van der Waals surface area contributed by atoms with Crippen molar-refractivity contribution in [3.63, 3.8) is 0 Å². The summed E-state index contributed by atoms with van der Waals surface area (Å²) in [4.78, 5) is 11.6. The third kappa shape index (κ3) is 3.57. The molecule has 1 aliphatic rings. The zero-order chi connectivity index (χ0) is 13.0. The van der Waals surface area contributed by atoms with Gasteiger partial charge in [-0.05, 0) is 22.9 Å². The second kappa shape index (κ2) is 6.00. The number of fused-ring (bicyclic) bond motifs is 1. The van der Waals surface area contributed by atoms with E-state index in [4.69, 9.17) is 9.47 Å². The minimum Gasteiger partial charge on any atom is -0.454 e. The van der Waals surface area contributed by atoms with Crippen LogP contribution in [0, 0.1) is 0 Å².